The minimum absolute atomic E-state index is 0.202. The van der Waals surface area contributed by atoms with E-state index in [1.165, 1.54) is 12.8 Å². The van der Waals surface area contributed by atoms with Gasteiger partial charge in [-0.25, -0.2) is 4.39 Å². The van der Waals surface area contributed by atoms with Gasteiger partial charge in [0.05, 0.1) is 12.1 Å². The largest absolute Gasteiger partial charge is 0.383 e. The first-order valence-corrected chi connectivity index (χ1v) is 7.04. The monoisotopic (exact) mass is 274 g/mol. The molecule has 0 bridgehead atoms. The van der Waals surface area contributed by atoms with Gasteiger partial charge in [-0.3, -0.25) is 9.88 Å². The van der Waals surface area contributed by atoms with Crippen LogP contribution in [0.4, 0.5) is 4.39 Å². The van der Waals surface area contributed by atoms with Crippen LogP contribution in [-0.4, -0.2) is 36.2 Å². The molecular formula is C16H19FN2O. The van der Waals surface area contributed by atoms with Crippen molar-refractivity contribution in [1.82, 2.24) is 9.88 Å². The Morgan fingerprint density at radius 1 is 1.35 bits per heavy atom. The highest BCUT2D eigenvalue weighted by molar-refractivity contribution is 5.82. The fraction of sp³-hybridized carbons (Fsp3) is 0.438. The van der Waals surface area contributed by atoms with Crippen molar-refractivity contribution in [2.75, 3.05) is 20.3 Å². The van der Waals surface area contributed by atoms with Crippen LogP contribution in [0, 0.1) is 5.82 Å². The number of halogens is 1. The SMILES string of the molecule is COCCN(Cc1ccc(F)c2cccnc12)C1CC1. The highest BCUT2D eigenvalue weighted by atomic mass is 19.1. The van der Waals surface area contributed by atoms with E-state index in [0.29, 0.717) is 11.4 Å². The minimum atomic E-state index is -0.202. The van der Waals surface area contributed by atoms with Crippen molar-refractivity contribution < 1.29 is 9.13 Å². The summed E-state index contributed by atoms with van der Waals surface area (Å²) in [5.74, 6) is -0.202. The van der Waals surface area contributed by atoms with Crippen molar-refractivity contribution in [3.63, 3.8) is 0 Å². The smallest absolute Gasteiger partial charge is 0.132 e. The molecule has 0 atom stereocenters. The molecule has 0 unspecified atom stereocenters. The predicted octanol–water partition coefficient (Wildman–Crippen LogP) is 2.98. The lowest BCUT2D eigenvalue weighted by atomic mass is 10.1. The number of pyridine rings is 1. The number of ether oxygens (including phenoxy) is 1. The highest BCUT2D eigenvalue weighted by Crippen LogP contribution is 2.29. The predicted molar refractivity (Wildman–Crippen MR) is 77.0 cm³/mol. The van der Waals surface area contributed by atoms with E-state index < -0.39 is 0 Å². The van der Waals surface area contributed by atoms with E-state index in [-0.39, 0.29) is 5.82 Å². The summed E-state index contributed by atoms with van der Waals surface area (Å²) in [4.78, 5) is 6.76. The van der Waals surface area contributed by atoms with Gasteiger partial charge < -0.3 is 4.74 Å². The van der Waals surface area contributed by atoms with Gasteiger partial charge in [-0.2, -0.15) is 0 Å². The maximum Gasteiger partial charge on any atom is 0.132 e. The maximum atomic E-state index is 13.8. The number of hydrogen-bond donors (Lipinski definition) is 0. The second-order valence-electron chi connectivity index (χ2n) is 5.30. The first-order chi connectivity index (χ1) is 9.79. The molecule has 20 heavy (non-hydrogen) atoms. The fourth-order valence-electron chi connectivity index (χ4n) is 2.58. The Labute approximate surface area is 118 Å². The standard InChI is InChI=1S/C16H19FN2O/c1-20-10-9-19(13-5-6-13)11-12-4-7-15(17)14-3-2-8-18-16(12)14/h2-4,7-8,13H,5-6,9-11H2,1H3. The van der Waals surface area contributed by atoms with Gasteiger partial charge in [0.1, 0.15) is 5.82 Å². The van der Waals surface area contributed by atoms with Crippen molar-refractivity contribution in [1.29, 1.82) is 0 Å². The molecular weight excluding hydrogens is 255 g/mol. The van der Waals surface area contributed by atoms with E-state index in [1.54, 1.807) is 31.5 Å². The van der Waals surface area contributed by atoms with Gasteiger partial charge in [0.2, 0.25) is 0 Å². The summed E-state index contributed by atoms with van der Waals surface area (Å²) in [6.45, 7) is 2.44. The van der Waals surface area contributed by atoms with E-state index in [4.69, 9.17) is 4.74 Å². The first kappa shape index (κ1) is 13.5. The topological polar surface area (TPSA) is 25.4 Å². The highest BCUT2D eigenvalue weighted by Gasteiger charge is 2.29. The normalized spacial score (nSPS) is 15.2. The summed E-state index contributed by atoms with van der Waals surface area (Å²) in [5, 5.41) is 0.604. The van der Waals surface area contributed by atoms with E-state index in [1.807, 2.05) is 6.07 Å². The molecule has 1 aliphatic rings. The third kappa shape index (κ3) is 2.81. The van der Waals surface area contributed by atoms with Crippen molar-refractivity contribution in [2.45, 2.75) is 25.4 Å². The number of methoxy groups -OCH3 is 1. The Kier molecular flexibility index (Phi) is 3.94. The van der Waals surface area contributed by atoms with Crippen LogP contribution in [0.2, 0.25) is 0 Å². The number of benzene rings is 1. The molecule has 0 radical (unpaired) electrons. The Bertz CT molecular complexity index is 598. The maximum absolute atomic E-state index is 13.8. The molecule has 1 saturated carbocycles. The van der Waals surface area contributed by atoms with Gasteiger partial charge in [0, 0.05) is 37.8 Å². The van der Waals surface area contributed by atoms with Crippen LogP contribution in [0.25, 0.3) is 10.9 Å². The number of fused-ring (bicyclic) bond motifs is 1. The minimum Gasteiger partial charge on any atom is -0.383 e. The molecule has 3 nitrogen and oxygen atoms in total. The molecule has 1 aromatic carbocycles. The number of nitrogens with zero attached hydrogens (tertiary/aromatic N) is 2. The molecule has 4 heteroatoms. The molecule has 0 aliphatic heterocycles. The third-order valence-electron chi connectivity index (χ3n) is 3.82. The van der Waals surface area contributed by atoms with E-state index in [2.05, 4.69) is 9.88 Å². The van der Waals surface area contributed by atoms with Crippen LogP contribution in [0.15, 0.2) is 30.5 Å². The summed E-state index contributed by atoms with van der Waals surface area (Å²) < 4.78 is 19.0. The first-order valence-electron chi connectivity index (χ1n) is 7.04. The molecule has 1 aliphatic carbocycles. The molecule has 0 spiro atoms. The molecule has 2 aromatic rings. The second-order valence-corrected chi connectivity index (χ2v) is 5.30. The van der Waals surface area contributed by atoms with Gasteiger partial charge in [0.25, 0.3) is 0 Å². The van der Waals surface area contributed by atoms with Gasteiger partial charge in [0.15, 0.2) is 0 Å². The van der Waals surface area contributed by atoms with E-state index >= 15 is 0 Å². The zero-order valence-electron chi connectivity index (χ0n) is 11.7. The Hall–Kier alpha value is -1.52. The summed E-state index contributed by atoms with van der Waals surface area (Å²) in [5.41, 5.74) is 1.86. The molecule has 0 saturated heterocycles. The number of hydrogen-bond acceptors (Lipinski definition) is 3. The van der Waals surface area contributed by atoms with Gasteiger partial charge >= 0.3 is 0 Å². The van der Waals surface area contributed by atoms with Crippen molar-refractivity contribution in [3.8, 4) is 0 Å². The lowest BCUT2D eigenvalue weighted by Gasteiger charge is -2.22. The quantitative estimate of drug-likeness (QED) is 0.809. The molecule has 1 heterocycles. The molecule has 1 fully saturated rings. The summed E-state index contributed by atoms with van der Waals surface area (Å²) in [6, 6.07) is 7.61. The van der Waals surface area contributed by atoms with E-state index in [0.717, 1.165) is 30.8 Å². The molecule has 3 rings (SSSR count). The van der Waals surface area contributed by atoms with Crippen LogP contribution in [0.5, 0.6) is 0 Å². The fourth-order valence-corrected chi connectivity index (χ4v) is 2.58. The van der Waals surface area contributed by atoms with Gasteiger partial charge in [-0.1, -0.05) is 6.07 Å². The average Bonchev–Trinajstić information content (AvgIpc) is 3.31. The van der Waals surface area contributed by atoms with Crippen molar-refractivity contribution >= 4 is 10.9 Å². The number of rotatable bonds is 6. The van der Waals surface area contributed by atoms with Gasteiger partial charge in [-0.15, -0.1) is 0 Å². The van der Waals surface area contributed by atoms with Crippen LogP contribution < -0.4 is 0 Å². The molecule has 0 amide bonds. The second kappa shape index (κ2) is 5.85. The zero-order valence-corrected chi connectivity index (χ0v) is 11.7. The summed E-state index contributed by atoms with van der Waals surface area (Å²) in [6.07, 6.45) is 4.22. The van der Waals surface area contributed by atoms with Gasteiger partial charge in [-0.05, 0) is 36.6 Å². The van der Waals surface area contributed by atoms with Crippen LogP contribution in [-0.2, 0) is 11.3 Å². The lowest BCUT2D eigenvalue weighted by Crippen LogP contribution is -2.29. The number of aromatic nitrogens is 1. The molecule has 106 valence electrons. The Morgan fingerprint density at radius 2 is 2.20 bits per heavy atom. The summed E-state index contributed by atoms with van der Waals surface area (Å²) >= 11 is 0. The molecule has 1 aromatic heterocycles. The van der Waals surface area contributed by atoms with E-state index in [9.17, 15) is 4.39 Å². The van der Waals surface area contributed by atoms with Crippen molar-refractivity contribution in [2.24, 2.45) is 0 Å². The van der Waals surface area contributed by atoms with Crippen LogP contribution in [0.1, 0.15) is 18.4 Å². The lowest BCUT2D eigenvalue weighted by molar-refractivity contribution is 0.140. The van der Waals surface area contributed by atoms with Crippen LogP contribution >= 0.6 is 0 Å². The zero-order chi connectivity index (χ0) is 13.9. The summed E-state index contributed by atoms with van der Waals surface area (Å²) in [7, 11) is 1.72. The van der Waals surface area contributed by atoms with Crippen LogP contribution in [0.3, 0.4) is 0 Å². The molecule has 0 N–H and O–H groups in total. The third-order valence-corrected chi connectivity index (χ3v) is 3.82. The van der Waals surface area contributed by atoms with Crippen molar-refractivity contribution in [3.05, 3.63) is 41.8 Å². The Morgan fingerprint density at radius 3 is 2.95 bits per heavy atom. The average molecular weight is 274 g/mol. The Balaban J connectivity index is 1.87.